The summed E-state index contributed by atoms with van der Waals surface area (Å²) in [5, 5.41) is 2.89. The van der Waals surface area contributed by atoms with Crippen LogP contribution in [0.15, 0.2) is 24.3 Å². The molecule has 0 aliphatic heterocycles. The molecule has 5 heteroatoms. The molecule has 1 unspecified atom stereocenters. The third-order valence-electron chi connectivity index (χ3n) is 3.05. The standard InChI is InChI=1S/C15H24N2O3/c1-19-10-5-7-13(16)15(18)17-14-8-4-3-6-12(14)9-11-20-2/h3-4,6,8,13H,5,7,9-11,16H2,1-2H3,(H,17,18). The number of amides is 1. The van der Waals surface area contributed by atoms with E-state index >= 15 is 0 Å². The summed E-state index contributed by atoms with van der Waals surface area (Å²) in [5.41, 5.74) is 7.71. The fraction of sp³-hybridized carbons (Fsp3) is 0.533. The second-order valence-electron chi connectivity index (χ2n) is 4.63. The molecule has 0 heterocycles. The van der Waals surface area contributed by atoms with Crippen molar-refractivity contribution in [2.24, 2.45) is 5.73 Å². The molecule has 1 amide bonds. The molecule has 3 N–H and O–H groups in total. The van der Waals surface area contributed by atoms with Crippen LogP contribution in [0.3, 0.4) is 0 Å². The molecular formula is C15H24N2O3. The van der Waals surface area contributed by atoms with Crippen LogP contribution in [0.5, 0.6) is 0 Å². The Hall–Kier alpha value is -1.43. The number of carbonyl (C=O) groups is 1. The van der Waals surface area contributed by atoms with Gasteiger partial charge in [0.05, 0.1) is 12.6 Å². The number of benzene rings is 1. The molecule has 0 saturated carbocycles. The Morgan fingerprint density at radius 3 is 2.65 bits per heavy atom. The highest BCUT2D eigenvalue weighted by Gasteiger charge is 2.14. The maximum atomic E-state index is 12.0. The number of anilines is 1. The van der Waals surface area contributed by atoms with Crippen molar-refractivity contribution in [1.82, 2.24) is 0 Å². The lowest BCUT2D eigenvalue weighted by Gasteiger charge is -2.14. The summed E-state index contributed by atoms with van der Waals surface area (Å²) in [6, 6.07) is 7.18. The number of hydrogen-bond donors (Lipinski definition) is 2. The number of ether oxygens (including phenoxy) is 2. The van der Waals surface area contributed by atoms with Crippen molar-refractivity contribution in [2.45, 2.75) is 25.3 Å². The Bertz CT molecular complexity index is 410. The van der Waals surface area contributed by atoms with E-state index in [0.717, 1.165) is 24.1 Å². The molecule has 0 aromatic heterocycles. The van der Waals surface area contributed by atoms with Gasteiger partial charge in [-0.15, -0.1) is 0 Å². The van der Waals surface area contributed by atoms with E-state index in [1.807, 2.05) is 24.3 Å². The maximum absolute atomic E-state index is 12.0. The molecule has 1 rings (SSSR count). The quantitative estimate of drug-likeness (QED) is 0.673. The fourth-order valence-electron chi connectivity index (χ4n) is 1.88. The zero-order chi connectivity index (χ0) is 14.8. The molecule has 0 fully saturated rings. The molecule has 0 spiro atoms. The van der Waals surface area contributed by atoms with E-state index in [2.05, 4.69) is 5.32 Å². The second kappa shape index (κ2) is 9.47. The van der Waals surface area contributed by atoms with Gasteiger partial charge in [-0.05, 0) is 30.9 Å². The van der Waals surface area contributed by atoms with Crippen LogP contribution in [0, 0.1) is 0 Å². The third-order valence-corrected chi connectivity index (χ3v) is 3.05. The number of methoxy groups -OCH3 is 2. The van der Waals surface area contributed by atoms with Crippen molar-refractivity contribution < 1.29 is 14.3 Å². The molecule has 0 radical (unpaired) electrons. The van der Waals surface area contributed by atoms with Gasteiger partial charge >= 0.3 is 0 Å². The minimum absolute atomic E-state index is 0.161. The predicted octanol–water partition coefficient (Wildman–Crippen LogP) is 1.57. The Labute approximate surface area is 120 Å². The molecule has 1 aromatic rings. The smallest absolute Gasteiger partial charge is 0.241 e. The van der Waals surface area contributed by atoms with Crippen molar-refractivity contribution in [3.05, 3.63) is 29.8 Å². The molecule has 0 bridgehead atoms. The van der Waals surface area contributed by atoms with E-state index in [-0.39, 0.29) is 5.91 Å². The molecule has 20 heavy (non-hydrogen) atoms. The van der Waals surface area contributed by atoms with Gasteiger partial charge in [0.1, 0.15) is 0 Å². The van der Waals surface area contributed by atoms with Gasteiger partial charge in [-0.2, -0.15) is 0 Å². The first kappa shape index (κ1) is 16.6. The Morgan fingerprint density at radius 2 is 1.95 bits per heavy atom. The Morgan fingerprint density at radius 1 is 1.25 bits per heavy atom. The summed E-state index contributed by atoms with van der Waals surface area (Å²) in [6.45, 7) is 1.23. The van der Waals surface area contributed by atoms with Crippen molar-refractivity contribution >= 4 is 11.6 Å². The van der Waals surface area contributed by atoms with Gasteiger partial charge < -0.3 is 20.5 Å². The molecule has 1 atom stereocenters. The first-order chi connectivity index (χ1) is 9.69. The average Bonchev–Trinajstić information content (AvgIpc) is 2.46. The van der Waals surface area contributed by atoms with Crippen molar-refractivity contribution in [2.75, 3.05) is 32.8 Å². The number of para-hydroxylation sites is 1. The van der Waals surface area contributed by atoms with Crippen molar-refractivity contribution in [1.29, 1.82) is 0 Å². The summed E-state index contributed by atoms with van der Waals surface area (Å²) in [4.78, 5) is 12.0. The lowest BCUT2D eigenvalue weighted by atomic mass is 10.1. The average molecular weight is 280 g/mol. The predicted molar refractivity (Wildman–Crippen MR) is 79.7 cm³/mol. The van der Waals surface area contributed by atoms with E-state index < -0.39 is 6.04 Å². The lowest BCUT2D eigenvalue weighted by molar-refractivity contribution is -0.117. The Balaban J connectivity index is 2.56. The SMILES string of the molecule is COCCCC(N)C(=O)Nc1ccccc1CCOC. The van der Waals surface area contributed by atoms with E-state index in [4.69, 9.17) is 15.2 Å². The lowest BCUT2D eigenvalue weighted by Crippen LogP contribution is -2.36. The molecule has 5 nitrogen and oxygen atoms in total. The summed E-state index contributed by atoms with van der Waals surface area (Å²) in [6.07, 6.45) is 2.14. The molecular weight excluding hydrogens is 256 g/mol. The minimum atomic E-state index is -0.513. The van der Waals surface area contributed by atoms with Gasteiger partial charge in [0.25, 0.3) is 0 Å². The number of nitrogens with one attached hydrogen (secondary N) is 1. The fourth-order valence-corrected chi connectivity index (χ4v) is 1.88. The Kier molecular flexibility index (Phi) is 7.87. The summed E-state index contributed by atoms with van der Waals surface area (Å²) >= 11 is 0. The molecule has 0 saturated heterocycles. The number of hydrogen-bond acceptors (Lipinski definition) is 4. The van der Waals surface area contributed by atoms with Gasteiger partial charge in [0.2, 0.25) is 5.91 Å². The normalized spacial score (nSPS) is 12.2. The van der Waals surface area contributed by atoms with Crippen LogP contribution in [0.1, 0.15) is 18.4 Å². The van der Waals surface area contributed by atoms with Gasteiger partial charge in [-0.25, -0.2) is 0 Å². The molecule has 112 valence electrons. The molecule has 0 aliphatic rings. The zero-order valence-electron chi connectivity index (χ0n) is 12.2. The van der Waals surface area contributed by atoms with Crippen LogP contribution < -0.4 is 11.1 Å². The zero-order valence-corrected chi connectivity index (χ0v) is 12.2. The highest BCUT2D eigenvalue weighted by atomic mass is 16.5. The van der Waals surface area contributed by atoms with E-state index in [1.54, 1.807) is 14.2 Å². The highest BCUT2D eigenvalue weighted by molar-refractivity contribution is 5.95. The first-order valence-corrected chi connectivity index (χ1v) is 6.81. The summed E-state index contributed by atoms with van der Waals surface area (Å²) in [7, 11) is 3.30. The summed E-state index contributed by atoms with van der Waals surface area (Å²) < 4.78 is 10.0. The maximum Gasteiger partial charge on any atom is 0.241 e. The van der Waals surface area contributed by atoms with Crippen molar-refractivity contribution in [3.8, 4) is 0 Å². The number of nitrogens with two attached hydrogens (primary N) is 1. The third kappa shape index (κ3) is 5.69. The van der Waals surface area contributed by atoms with Crippen LogP contribution in [-0.2, 0) is 20.7 Å². The van der Waals surface area contributed by atoms with Gasteiger partial charge in [-0.3, -0.25) is 4.79 Å². The van der Waals surface area contributed by atoms with E-state index in [9.17, 15) is 4.79 Å². The van der Waals surface area contributed by atoms with Crippen LogP contribution >= 0.6 is 0 Å². The first-order valence-electron chi connectivity index (χ1n) is 6.81. The van der Waals surface area contributed by atoms with Crippen LogP contribution in [0.2, 0.25) is 0 Å². The number of carbonyl (C=O) groups excluding carboxylic acids is 1. The van der Waals surface area contributed by atoms with Crippen LogP contribution in [0.25, 0.3) is 0 Å². The second-order valence-corrected chi connectivity index (χ2v) is 4.63. The monoisotopic (exact) mass is 280 g/mol. The summed E-state index contributed by atoms with van der Waals surface area (Å²) in [5.74, 6) is -0.161. The van der Waals surface area contributed by atoms with E-state index in [1.165, 1.54) is 0 Å². The number of rotatable bonds is 9. The topological polar surface area (TPSA) is 73.6 Å². The minimum Gasteiger partial charge on any atom is -0.385 e. The van der Waals surface area contributed by atoms with Gasteiger partial charge in [0.15, 0.2) is 0 Å². The van der Waals surface area contributed by atoms with Crippen LogP contribution in [0.4, 0.5) is 5.69 Å². The van der Waals surface area contributed by atoms with Crippen LogP contribution in [-0.4, -0.2) is 39.4 Å². The van der Waals surface area contributed by atoms with Crippen molar-refractivity contribution in [3.63, 3.8) is 0 Å². The van der Waals surface area contributed by atoms with Gasteiger partial charge in [0, 0.05) is 26.5 Å². The van der Waals surface area contributed by atoms with Gasteiger partial charge in [-0.1, -0.05) is 18.2 Å². The largest absolute Gasteiger partial charge is 0.385 e. The highest BCUT2D eigenvalue weighted by Crippen LogP contribution is 2.16. The molecule has 1 aromatic carbocycles. The molecule has 0 aliphatic carbocycles. The van der Waals surface area contributed by atoms with E-state index in [0.29, 0.717) is 19.6 Å².